The molecule has 10 nitrogen and oxygen atoms in total. The maximum absolute atomic E-state index is 13.0. The highest BCUT2D eigenvalue weighted by Gasteiger charge is 2.30. The van der Waals surface area contributed by atoms with Crippen molar-refractivity contribution in [3.05, 3.63) is 77.3 Å². The van der Waals surface area contributed by atoms with Crippen molar-refractivity contribution in [2.24, 2.45) is 0 Å². The summed E-state index contributed by atoms with van der Waals surface area (Å²) in [5, 5.41) is 1.82. The van der Waals surface area contributed by atoms with Gasteiger partial charge in [0.1, 0.15) is 5.82 Å². The Morgan fingerprint density at radius 1 is 0.946 bits per heavy atom. The predicted octanol–water partition coefficient (Wildman–Crippen LogP) is 3.08. The summed E-state index contributed by atoms with van der Waals surface area (Å²) >= 11 is 0.822. The summed E-state index contributed by atoms with van der Waals surface area (Å²) in [7, 11) is -1.71. The molecule has 2 saturated heterocycles. The molecule has 1 aromatic heterocycles. The van der Waals surface area contributed by atoms with E-state index in [0.717, 1.165) is 17.4 Å². The Kier molecular flexibility index (Phi) is 6.96. The average Bonchev–Trinajstić information content (AvgIpc) is 3.25. The fourth-order valence-electron chi connectivity index (χ4n) is 4.04. The Morgan fingerprint density at radius 3 is 2.22 bits per heavy atom. The molecule has 190 valence electrons. The highest BCUT2D eigenvalue weighted by molar-refractivity contribution is 8.18. The lowest BCUT2D eigenvalue weighted by Crippen LogP contribution is -2.49. The quantitative estimate of drug-likeness (QED) is 0.475. The smallest absolute Gasteiger partial charge is 0.290 e. The van der Waals surface area contributed by atoms with Gasteiger partial charge in [0.25, 0.3) is 11.1 Å². The van der Waals surface area contributed by atoms with E-state index < -0.39 is 21.2 Å². The number of nitrogens with zero attached hydrogens (tertiary/aromatic N) is 5. The highest BCUT2D eigenvalue weighted by Crippen LogP contribution is 2.29. The molecule has 2 aliphatic rings. The van der Waals surface area contributed by atoms with Crippen LogP contribution in [0.25, 0.3) is 6.08 Å². The van der Waals surface area contributed by atoms with Gasteiger partial charge in [0, 0.05) is 45.0 Å². The lowest BCUT2D eigenvalue weighted by molar-refractivity contribution is -0.115. The Labute approximate surface area is 219 Å². The van der Waals surface area contributed by atoms with Gasteiger partial charge in [-0.2, -0.15) is 9.29 Å². The van der Waals surface area contributed by atoms with E-state index in [-0.39, 0.29) is 22.9 Å². The molecule has 0 saturated carbocycles. The van der Waals surface area contributed by atoms with Gasteiger partial charge < -0.3 is 9.80 Å². The number of sulfonamides is 1. The van der Waals surface area contributed by atoms with Crippen LogP contribution in [0.2, 0.25) is 0 Å². The van der Waals surface area contributed by atoms with E-state index in [1.165, 1.54) is 4.31 Å². The summed E-state index contributed by atoms with van der Waals surface area (Å²) in [5.41, 5.74) is 1.38. The molecule has 2 amide bonds. The topological polar surface area (TPSA) is 116 Å². The van der Waals surface area contributed by atoms with Crippen LogP contribution in [0.3, 0.4) is 0 Å². The number of nitrogens with one attached hydrogen (secondary N) is 1. The third-order valence-corrected chi connectivity index (χ3v) is 8.75. The molecule has 0 aliphatic carbocycles. The molecular weight excluding hydrogens is 512 g/mol. The zero-order valence-electron chi connectivity index (χ0n) is 19.9. The van der Waals surface area contributed by atoms with Gasteiger partial charge in [-0.05, 0) is 42.1 Å². The van der Waals surface area contributed by atoms with Gasteiger partial charge in [-0.3, -0.25) is 14.9 Å². The molecule has 0 unspecified atom stereocenters. The van der Waals surface area contributed by atoms with Crippen LogP contribution >= 0.6 is 11.8 Å². The first kappa shape index (κ1) is 24.9. The maximum atomic E-state index is 13.0. The number of hydrogen-bond acceptors (Lipinski definition) is 9. The van der Waals surface area contributed by atoms with E-state index in [2.05, 4.69) is 10.3 Å². The highest BCUT2D eigenvalue weighted by atomic mass is 32.2. The van der Waals surface area contributed by atoms with Gasteiger partial charge in [-0.25, -0.2) is 13.4 Å². The molecule has 0 bridgehead atoms. The van der Waals surface area contributed by atoms with Crippen LogP contribution in [0, 0.1) is 0 Å². The second-order valence-corrected chi connectivity index (χ2v) is 11.4. The van der Waals surface area contributed by atoms with E-state index in [0.29, 0.717) is 30.5 Å². The monoisotopic (exact) mass is 536 g/mol. The molecule has 3 aromatic rings. The number of para-hydroxylation sites is 1. The molecular formula is C25H24N6O4S2. The zero-order chi connectivity index (χ0) is 26.0. The summed E-state index contributed by atoms with van der Waals surface area (Å²) in [6, 6.07) is 19.8. The van der Waals surface area contributed by atoms with Gasteiger partial charge in [-0.1, -0.05) is 36.4 Å². The first-order chi connectivity index (χ1) is 17.8. The van der Waals surface area contributed by atoms with Gasteiger partial charge in [0.05, 0.1) is 15.5 Å². The van der Waals surface area contributed by atoms with E-state index >= 15 is 0 Å². The molecule has 5 rings (SSSR count). The van der Waals surface area contributed by atoms with Crippen molar-refractivity contribution in [1.82, 2.24) is 19.6 Å². The van der Waals surface area contributed by atoms with Gasteiger partial charge in [0.2, 0.25) is 16.0 Å². The van der Waals surface area contributed by atoms with Crippen molar-refractivity contribution in [2.45, 2.75) is 4.90 Å². The fourth-order valence-corrected chi connectivity index (χ4v) is 6.15. The number of carbonyl (C=O) groups excluding carboxylic acids is 2. The minimum Gasteiger partial charge on any atom is -0.338 e. The Morgan fingerprint density at radius 2 is 1.59 bits per heavy atom. The van der Waals surface area contributed by atoms with Crippen molar-refractivity contribution >= 4 is 56.5 Å². The number of benzene rings is 2. The maximum Gasteiger partial charge on any atom is 0.290 e. The number of hydrogen-bond donors (Lipinski definition) is 1. The van der Waals surface area contributed by atoms with E-state index in [9.17, 15) is 18.0 Å². The number of anilines is 3. The summed E-state index contributed by atoms with van der Waals surface area (Å²) in [6.45, 7) is 1.35. The summed E-state index contributed by atoms with van der Waals surface area (Å²) < 4.78 is 27.5. The minimum absolute atomic E-state index is 0.252. The molecule has 1 N–H and O–H groups in total. The number of thioether (sulfide) groups is 1. The van der Waals surface area contributed by atoms with E-state index in [4.69, 9.17) is 4.98 Å². The Bertz CT molecular complexity index is 1460. The van der Waals surface area contributed by atoms with Crippen molar-refractivity contribution < 1.29 is 18.0 Å². The normalized spacial score (nSPS) is 17.8. The summed E-state index contributed by atoms with van der Waals surface area (Å²) in [6.07, 6.45) is 1.56. The lowest BCUT2D eigenvalue weighted by Gasteiger charge is -2.34. The van der Waals surface area contributed by atoms with Crippen LogP contribution in [0.1, 0.15) is 5.69 Å². The number of aromatic nitrogens is 2. The largest absolute Gasteiger partial charge is 0.338 e. The number of imide groups is 1. The predicted molar refractivity (Wildman–Crippen MR) is 143 cm³/mol. The molecule has 12 heteroatoms. The van der Waals surface area contributed by atoms with Gasteiger partial charge >= 0.3 is 0 Å². The molecule has 2 aliphatic heterocycles. The van der Waals surface area contributed by atoms with Crippen LogP contribution in [0.5, 0.6) is 0 Å². The number of rotatable bonds is 6. The van der Waals surface area contributed by atoms with Crippen LogP contribution in [-0.2, 0) is 14.8 Å². The second kappa shape index (κ2) is 10.3. The molecule has 37 heavy (non-hydrogen) atoms. The fraction of sp³-hybridized carbons (Fsp3) is 0.200. The molecule has 3 heterocycles. The third kappa shape index (κ3) is 5.36. The Hall–Kier alpha value is -3.74. The lowest BCUT2D eigenvalue weighted by atomic mass is 10.2. The van der Waals surface area contributed by atoms with Gasteiger partial charge in [0.15, 0.2) is 0 Å². The SMILES string of the molecule is CN(c1ccccc1)c1cc(/C=C2/SC(=O)NC2=O)nc(N2CCN(S(=O)(=O)c3ccccc3)CC2)n1. The number of piperazine rings is 1. The average molecular weight is 537 g/mol. The van der Waals surface area contributed by atoms with Crippen LogP contribution in [0.4, 0.5) is 22.2 Å². The summed E-state index contributed by atoms with van der Waals surface area (Å²) in [4.78, 5) is 37.5. The van der Waals surface area contributed by atoms with Crippen LogP contribution in [-0.4, -0.2) is 67.1 Å². The number of amides is 2. The molecule has 0 radical (unpaired) electrons. The number of carbonyl (C=O) groups is 2. The molecule has 0 spiro atoms. The van der Waals surface area contributed by atoms with Crippen molar-refractivity contribution in [3.8, 4) is 0 Å². The molecule has 2 fully saturated rings. The van der Waals surface area contributed by atoms with Crippen molar-refractivity contribution in [3.63, 3.8) is 0 Å². The Balaban J connectivity index is 1.43. The minimum atomic E-state index is -3.59. The first-order valence-corrected chi connectivity index (χ1v) is 13.8. The second-order valence-electron chi connectivity index (χ2n) is 8.40. The van der Waals surface area contributed by atoms with Crippen LogP contribution < -0.4 is 15.1 Å². The van der Waals surface area contributed by atoms with Crippen molar-refractivity contribution in [2.75, 3.05) is 43.0 Å². The van der Waals surface area contributed by atoms with E-state index in [1.54, 1.807) is 42.5 Å². The summed E-state index contributed by atoms with van der Waals surface area (Å²) in [5.74, 6) is 0.545. The van der Waals surface area contributed by atoms with Crippen LogP contribution in [0.15, 0.2) is 76.5 Å². The standard InChI is InChI=1S/C25H24N6O4S2/c1-29(19-8-4-2-5-9-19)22-17-18(16-21-23(32)28-25(33)36-21)26-24(27-22)30-12-14-31(15-13-30)37(34,35)20-10-6-3-7-11-20/h2-11,16-17H,12-15H2,1H3,(H,28,32,33)/b21-16+. The molecule has 0 atom stereocenters. The van der Waals surface area contributed by atoms with E-state index in [1.807, 2.05) is 47.2 Å². The third-order valence-electron chi connectivity index (χ3n) is 6.03. The first-order valence-electron chi connectivity index (χ1n) is 11.5. The zero-order valence-corrected chi connectivity index (χ0v) is 21.6. The van der Waals surface area contributed by atoms with Crippen molar-refractivity contribution in [1.29, 1.82) is 0 Å². The van der Waals surface area contributed by atoms with Gasteiger partial charge in [-0.15, -0.1) is 0 Å². The molecule has 2 aromatic carbocycles.